The molecule has 1 unspecified atom stereocenters. The van der Waals surface area contributed by atoms with Crippen molar-refractivity contribution in [1.82, 2.24) is 10.2 Å². The molecule has 6 heteroatoms. The van der Waals surface area contributed by atoms with Crippen molar-refractivity contribution < 1.29 is 9.53 Å². The zero-order valence-electron chi connectivity index (χ0n) is 11.4. The minimum atomic E-state index is 0.0616. The number of rotatable bonds is 4. The maximum absolute atomic E-state index is 12.3. The third-order valence-corrected chi connectivity index (χ3v) is 4.00. The number of carbonyl (C=O) groups excluding carboxylic acids is 1. The van der Waals surface area contributed by atoms with Gasteiger partial charge in [0.25, 0.3) is 0 Å². The number of morpholine rings is 1. The van der Waals surface area contributed by atoms with Crippen molar-refractivity contribution in [1.29, 1.82) is 0 Å². The van der Waals surface area contributed by atoms with Gasteiger partial charge in [0.05, 0.1) is 29.2 Å². The molecule has 0 saturated carbocycles. The largest absolute Gasteiger partial charge is 0.373 e. The highest BCUT2D eigenvalue weighted by atomic mass is 35.5. The molecule has 1 aromatic rings. The Morgan fingerprint density at radius 2 is 2.25 bits per heavy atom. The van der Waals surface area contributed by atoms with E-state index in [0.717, 1.165) is 12.1 Å². The van der Waals surface area contributed by atoms with Crippen molar-refractivity contribution in [2.45, 2.75) is 12.5 Å². The van der Waals surface area contributed by atoms with Crippen LogP contribution < -0.4 is 5.32 Å². The summed E-state index contributed by atoms with van der Waals surface area (Å²) in [6.45, 7) is 2.59. The molecule has 0 bridgehead atoms. The van der Waals surface area contributed by atoms with E-state index in [1.807, 2.05) is 18.0 Å². The zero-order valence-corrected chi connectivity index (χ0v) is 12.9. The molecule has 1 amide bonds. The van der Waals surface area contributed by atoms with E-state index >= 15 is 0 Å². The molecule has 1 saturated heterocycles. The van der Waals surface area contributed by atoms with Crippen molar-refractivity contribution in [3.8, 4) is 0 Å². The molecule has 1 aliphatic rings. The molecule has 1 atom stereocenters. The van der Waals surface area contributed by atoms with Crippen molar-refractivity contribution in [3.05, 3.63) is 33.8 Å². The number of ether oxygens (including phenoxy) is 1. The fourth-order valence-corrected chi connectivity index (χ4v) is 2.55. The van der Waals surface area contributed by atoms with Gasteiger partial charge in [0.2, 0.25) is 5.91 Å². The van der Waals surface area contributed by atoms with Crippen LogP contribution in [-0.4, -0.2) is 50.2 Å². The van der Waals surface area contributed by atoms with Crippen LogP contribution in [0.25, 0.3) is 0 Å². The smallest absolute Gasteiger partial charge is 0.227 e. The van der Waals surface area contributed by atoms with Crippen LogP contribution in [-0.2, 0) is 16.0 Å². The van der Waals surface area contributed by atoms with E-state index < -0.39 is 0 Å². The number of nitrogens with zero attached hydrogens (tertiary/aromatic N) is 1. The van der Waals surface area contributed by atoms with Crippen LogP contribution in [0.1, 0.15) is 5.56 Å². The normalized spacial score (nSPS) is 19.1. The van der Waals surface area contributed by atoms with Crippen LogP contribution in [0.4, 0.5) is 0 Å². The minimum Gasteiger partial charge on any atom is -0.373 e. The molecule has 20 heavy (non-hydrogen) atoms. The Bertz CT molecular complexity index is 480. The number of benzene rings is 1. The van der Waals surface area contributed by atoms with Crippen LogP contribution in [0.2, 0.25) is 10.0 Å². The van der Waals surface area contributed by atoms with Crippen LogP contribution in [0.3, 0.4) is 0 Å². The molecule has 1 N–H and O–H groups in total. The Morgan fingerprint density at radius 3 is 2.95 bits per heavy atom. The summed E-state index contributed by atoms with van der Waals surface area (Å²) < 4.78 is 5.59. The Morgan fingerprint density at radius 1 is 1.45 bits per heavy atom. The monoisotopic (exact) mass is 316 g/mol. The van der Waals surface area contributed by atoms with E-state index in [9.17, 15) is 4.79 Å². The Hall–Kier alpha value is -0.810. The van der Waals surface area contributed by atoms with Crippen molar-refractivity contribution in [2.75, 3.05) is 33.3 Å². The van der Waals surface area contributed by atoms with Gasteiger partial charge in [0.15, 0.2) is 0 Å². The molecule has 0 radical (unpaired) electrons. The first-order chi connectivity index (χ1) is 9.60. The minimum absolute atomic E-state index is 0.0616. The Labute approximate surface area is 129 Å². The number of hydrogen-bond acceptors (Lipinski definition) is 3. The summed E-state index contributed by atoms with van der Waals surface area (Å²) in [6, 6.07) is 5.29. The van der Waals surface area contributed by atoms with E-state index in [1.165, 1.54) is 0 Å². The van der Waals surface area contributed by atoms with Gasteiger partial charge in [0, 0.05) is 19.6 Å². The van der Waals surface area contributed by atoms with Crippen LogP contribution in [0.15, 0.2) is 18.2 Å². The number of halogens is 2. The maximum Gasteiger partial charge on any atom is 0.227 e. The number of carbonyl (C=O) groups is 1. The summed E-state index contributed by atoms with van der Waals surface area (Å²) in [4.78, 5) is 14.1. The van der Waals surface area contributed by atoms with Crippen LogP contribution >= 0.6 is 23.2 Å². The topological polar surface area (TPSA) is 41.6 Å². The molecule has 110 valence electrons. The second-order valence-corrected chi connectivity index (χ2v) is 5.63. The SMILES string of the molecule is CNCC1CN(C(=O)Cc2ccc(Cl)c(Cl)c2)CCO1. The van der Waals surface area contributed by atoms with E-state index in [1.54, 1.807) is 12.1 Å². The van der Waals surface area contributed by atoms with E-state index in [2.05, 4.69) is 5.32 Å². The summed E-state index contributed by atoms with van der Waals surface area (Å²) in [7, 11) is 1.87. The highest BCUT2D eigenvalue weighted by Gasteiger charge is 2.23. The molecule has 1 heterocycles. The lowest BCUT2D eigenvalue weighted by Gasteiger charge is -2.33. The van der Waals surface area contributed by atoms with Gasteiger partial charge in [-0.15, -0.1) is 0 Å². The first-order valence-electron chi connectivity index (χ1n) is 6.58. The molecular formula is C14H18Cl2N2O2. The summed E-state index contributed by atoms with van der Waals surface area (Å²) in [5, 5.41) is 4.05. The van der Waals surface area contributed by atoms with Gasteiger partial charge in [-0.3, -0.25) is 4.79 Å². The van der Waals surface area contributed by atoms with Gasteiger partial charge >= 0.3 is 0 Å². The first-order valence-corrected chi connectivity index (χ1v) is 7.33. The molecule has 0 aliphatic carbocycles. The van der Waals surface area contributed by atoms with Crippen molar-refractivity contribution >= 4 is 29.1 Å². The fraction of sp³-hybridized carbons (Fsp3) is 0.500. The fourth-order valence-electron chi connectivity index (χ4n) is 2.23. The molecule has 1 fully saturated rings. The molecule has 0 spiro atoms. The second-order valence-electron chi connectivity index (χ2n) is 4.82. The Balaban J connectivity index is 1.95. The maximum atomic E-state index is 12.3. The lowest BCUT2D eigenvalue weighted by Crippen LogP contribution is -2.49. The predicted octanol–water partition coefficient (Wildman–Crippen LogP) is 1.98. The van der Waals surface area contributed by atoms with Crippen LogP contribution in [0.5, 0.6) is 0 Å². The molecule has 2 rings (SSSR count). The highest BCUT2D eigenvalue weighted by Crippen LogP contribution is 2.23. The third-order valence-electron chi connectivity index (χ3n) is 3.26. The van der Waals surface area contributed by atoms with Gasteiger partial charge in [-0.1, -0.05) is 29.3 Å². The van der Waals surface area contributed by atoms with E-state index in [4.69, 9.17) is 27.9 Å². The molecular weight excluding hydrogens is 299 g/mol. The quantitative estimate of drug-likeness (QED) is 0.923. The number of amides is 1. The predicted molar refractivity (Wildman–Crippen MR) is 80.4 cm³/mol. The van der Waals surface area contributed by atoms with Gasteiger partial charge in [0.1, 0.15) is 0 Å². The summed E-state index contributed by atoms with van der Waals surface area (Å²) in [5.41, 5.74) is 0.876. The highest BCUT2D eigenvalue weighted by molar-refractivity contribution is 6.42. The molecule has 0 aromatic heterocycles. The number of nitrogens with one attached hydrogen (secondary N) is 1. The molecule has 1 aromatic carbocycles. The molecule has 4 nitrogen and oxygen atoms in total. The van der Waals surface area contributed by atoms with Gasteiger partial charge in [-0.2, -0.15) is 0 Å². The number of hydrogen-bond donors (Lipinski definition) is 1. The number of likely N-dealkylation sites (N-methyl/N-ethyl adjacent to an activating group) is 1. The molecule has 1 aliphatic heterocycles. The van der Waals surface area contributed by atoms with E-state index in [0.29, 0.717) is 36.2 Å². The standard InChI is InChI=1S/C14H18Cl2N2O2/c1-17-8-11-9-18(4-5-20-11)14(19)7-10-2-3-12(15)13(16)6-10/h2-3,6,11,17H,4-5,7-9H2,1H3. The summed E-state index contributed by atoms with van der Waals surface area (Å²) in [6.07, 6.45) is 0.398. The second kappa shape index (κ2) is 7.27. The Kier molecular flexibility index (Phi) is 5.66. The lowest BCUT2D eigenvalue weighted by molar-refractivity contribution is -0.137. The van der Waals surface area contributed by atoms with Gasteiger partial charge < -0.3 is 15.0 Å². The van der Waals surface area contributed by atoms with Crippen molar-refractivity contribution in [2.24, 2.45) is 0 Å². The van der Waals surface area contributed by atoms with Crippen molar-refractivity contribution in [3.63, 3.8) is 0 Å². The van der Waals surface area contributed by atoms with Gasteiger partial charge in [-0.25, -0.2) is 0 Å². The van der Waals surface area contributed by atoms with Gasteiger partial charge in [-0.05, 0) is 24.7 Å². The first kappa shape index (κ1) is 15.6. The zero-order chi connectivity index (χ0) is 14.5. The lowest BCUT2D eigenvalue weighted by atomic mass is 10.1. The summed E-state index contributed by atoms with van der Waals surface area (Å²) >= 11 is 11.8. The summed E-state index contributed by atoms with van der Waals surface area (Å²) in [5.74, 6) is 0.0905. The average Bonchev–Trinajstić information content (AvgIpc) is 2.43. The van der Waals surface area contributed by atoms with E-state index in [-0.39, 0.29) is 12.0 Å². The average molecular weight is 317 g/mol. The third kappa shape index (κ3) is 4.09. The van der Waals surface area contributed by atoms with Crippen LogP contribution in [0, 0.1) is 0 Å².